The standard InChI is InChI=1S/C28H26N6O3S/c35-26-24(38-28(36)33-26)14-22-5-9-30-27(31-22)34-10-6-18(7-11-34)15-29-16-21-13-19-3-1-2-4-23(19)32-25(21)20-8-12-37-17-20/h1-5,8-9,12-14,17-18,29H,6-7,10-11,15-16H2,(H,33,35,36)/b24-14-. The molecule has 6 rings (SSSR count). The molecule has 1 aromatic carbocycles. The molecule has 2 aliphatic heterocycles. The molecule has 0 atom stereocenters. The lowest BCUT2D eigenvalue weighted by atomic mass is 9.96. The second-order valence-electron chi connectivity index (χ2n) is 9.40. The van der Waals surface area contributed by atoms with Crippen molar-refractivity contribution in [3.8, 4) is 11.3 Å². The van der Waals surface area contributed by atoms with E-state index in [4.69, 9.17) is 9.40 Å². The zero-order valence-electron chi connectivity index (χ0n) is 20.6. The number of nitrogens with zero attached hydrogens (tertiary/aromatic N) is 4. The van der Waals surface area contributed by atoms with Gasteiger partial charge in [-0.1, -0.05) is 18.2 Å². The van der Waals surface area contributed by atoms with Crippen LogP contribution in [-0.2, 0) is 11.3 Å². The van der Waals surface area contributed by atoms with Gasteiger partial charge in [-0.15, -0.1) is 0 Å². The number of anilines is 1. The molecule has 2 aliphatic rings. The topological polar surface area (TPSA) is 113 Å². The van der Waals surface area contributed by atoms with Crippen molar-refractivity contribution in [3.05, 3.63) is 77.4 Å². The second kappa shape index (κ2) is 10.8. The van der Waals surface area contributed by atoms with Gasteiger partial charge in [0.1, 0.15) is 0 Å². The number of hydrogen-bond donors (Lipinski definition) is 2. The Morgan fingerprint density at radius 2 is 2.00 bits per heavy atom. The fourth-order valence-electron chi connectivity index (χ4n) is 4.84. The van der Waals surface area contributed by atoms with E-state index < -0.39 is 0 Å². The molecule has 10 heteroatoms. The summed E-state index contributed by atoms with van der Waals surface area (Å²) in [5.41, 5.74) is 4.67. The number of pyridine rings is 1. The zero-order chi connectivity index (χ0) is 25.9. The van der Waals surface area contributed by atoms with Crippen LogP contribution in [0.2, 0.25) is 0 Å². The first-order valence-electron chi connectivity index (χ1n) is 12.6. The number of piperidine rings is 1. The molecule has 0 bridgehead atoms. The largest absolute Gasteiger partial charge is 0.472 e. The summed E-state index contributed by atoms with van der Waals surface area (Å²) in [6, 6.07) is 14.1. The predicted octanol–water partition coefficient (Wildman–Crippen LogP) is 4.61. The van der Waals surface area contributed by atoms with Crippen LogP contribution in [-0.4, -0.2) is 45.7 Å². The Bertz CT molecular complexity index is 1510. The van der Waals surface area contributed by atoms with Gasteiger partial charge in [0.25, 0.3) is 11.1 Å². The number of carbonyl (C=O) groups excluding carboxylic acids is 2. The van der Waals surface area contributed by atoms with Gasteiger partial charge in [-0.2, -0.15) is 0 Å². The third kappa shape index (κ3) is 5.32. The molecular weight excluding hydrogens is 500 g/mol. The summed E-state index contributed by atoms with van der Waals surface area (Å²) in [4.78, 5) is 39.7. The average Bonchev–Trinajstić information content (AvgIpc) is 3.58. The van der Waals surface area contributed by atoms with E-state index in [2.05, 4.69) is 37.6 Å². The summed E-state index contributed by atoms with van der Waals surface area (Å²) in [5.74, 6) is 0.809. The first kappa shape index (κ1) is 24.3. The highest BCUT2D eigenvalue weighted by atomic mass is 32.2. The Balaban J connectivity index is 1.06. The van der Waals surface area contributed by atoms with Gasteiger partial charge >= 0.3 is 0 Å². The fourth-order valence-corrected chi connectivity index (χ4v) is 5.51. The normalized spacial score (nSPS) is 17.5. The minimum atomic E-state index is -0.384. The van der Waals surface area contributed by atoms with Gasteiger partial charge in [-0.25, -0.2) is 15.0 Å². The maximum Gasteiger partial charge on any atom is 0.290 e. The number of carbonyl (C=O) groups is 2. The highest BCUT2D eigenvalue weighted by Gasteiger charge is 2.26. The van der Waals surface area contributed by atoms with Crippen LogP contribution in [0.25, 0.3) is 28.2 Å². The third-order valence-electron chi connectivity index (χ3n) is 6.83. The predicted molar refractivity (Wildman–Crippen MR) is 147 cm³/mol. The van der Waals surface area contributed by atoms with Crippen molar-refractivity contribution >= 4 is 45.8 Å². The van der Waals surface area contributed by atoms with Crippen molar-refractivity contribution in [1.29, 1.82) is 0 Å². The molecule has 0 aliphatic carbocycles. The molecule has 192 valence electrons. The lowest BCUT2D eigenvalue weighted by Gasteiger charge is -2.32. The lowest BCUT2D eigenvalue weighted by Crippen LogP contribution is -2.38. The molecule has 2 saturated heterocycles. The first-order valence-corrected chi connectivity index (χ1v) is 13.4. The van der Waals surface area contributed by atoms with Crippen LogP contribution in [0.15, 0.2) is 70.5 Å². The summed E-state index contributed by atoms with van der Waals surface area (Å²) < 4.78 is 5.32. The summed E-state index contributed by atoms with van der Waals surface area (Å²) in [7, 11) is 0. The smallest absolute Gasteiger partial charge is 0.290 e. The molecular formula is C28H26N6O3S. The van der Waals surface area contributed by atoms with E-state index in [1.54, 1.807) is 30.9 Å². The molecule has 5 heterocycles. The molecule has 0 spiro atoms. The van der Waals surface area contributed by atoms with Gasteiger partial charge in [0.15, 0.2) is 0 Å². The van der Waals surface area contributed by atoms with Crippen LogP contribution in [0.5, 0.6) is 0 Å². The van der Waals surface area contributed by atoms with E-state index >= 15 is 0 Å². The number of imide groups is 1. The van der Waals surface area contributed by atoms with E-state index in [0.29, 0.717) is 22.5 Å². The zero-order valence-corrected chi connectivity index (χ0v) is 21.4. The molecule has 0 unspecified atom stereocenters. The van der Waals surface area contributed by atoms with Gasteiger partial charge < -0.3 is 14.6 Å². The summed E-state index contributed by atoms with van der Waals surface area (Å²) in [6.45, 7) is 3.36. The number of fused-ring (bicyclic) bond motifs is 1. The van der Waals surface area contributed by atoms with Gasteiger partial charge in [0.05, 0.1) is 34.3 Å². The summed E-state index contributed by atoms with van der Waals surface area (Å²) in [5, 5.41) is 6.68. The highest BCUT2D eigenvalue weighted by molar-refractivity contribution is 8.18. The molecule has 4 aromatic rings. The van der Waals surface area contributed by atoms with Crippen LogP contribution in [0.1, 0.15) is 24.1 Å². The number of rotatable bonds is 7. The van der Waals surface area contributed by atoms with E-state index in [0.717, 1.165) is 78.5 Å². The van der Waals surface area contributed by atoms with E-state index in [1.807, 2.05) is 24.3 Å². The van der Waals surface area contributed by atoms with Crippen molar-refractivity contribution in [2.45, 2.75) is 19.4 Å². The maximum atomic E-state index is 11.8. The van der Waals surface area contributed by atoms with Gasteiger partial charge in [0, 0.05) is 36.8 Å². The number of aromatic nitrogens is 3. The number of furan rings is 1. The van der Waals surface area contributed by atoms with Crippen molar-refractivity contribution in [2.24, 2.45) is 5.92 Å². The van der Waals surface area contributed by atoms with E-state index in [9.17, 15) is 9.59 Å². The minimum absolute atomic E-state index is 0.349. The highest BCUT2D eigenvalue weighted by Crippen LogP contribution is 2.28. The van der Waals surface area contributed by atoms with E-state index in [1.165, 1.54) is 0 Å². The number of amides is 2. The Kier molecular flexibility index (Phi) is 6.89. The average molecular weight is 527 g/mol. The number of hydrogen-bond acceptors (Lipinski definition) is 9. The third-order valence-corrected chi connectivity index (χ3v) is 7.64. The number of benzene rings is 1. The van der Waals surface area contributed by atoms with Crippen molar-refractivity contribution in [2.75, 3.05) is 24.5 Å². The van der Waals surface area contributed by atoms with Gasteiger partial charge in [0.2, 0.25) is 5.95 Å². The van der Waals surface area contributed by atoms with Crippen LogP contribution in [0.4, 0.5) is 10.7 Å². The van der Waals surface area contributed by atoms with Crippen molar-refractivity contribution < 1.29 is 14.0 Å². The van der Waals surface area contributed by atoms with Crippen LogP contribution in [0.3, 0.4) is 0 Å². The molecule has 3 aromatic heterocycles. The second-order valence-corrected chi connectivity index (χ2v) is 10.4. The molecule has 2 fully saturated rings. The first-order chi connectivity index (χ1) is 18.6. The van der Waals surface area contributed by atoms with Crippen LogP contribution < -0.4 is 15.5 Å². The van der Waals surface area contributed by atoms with Crippen molar-refractivity contribution in [3.63, 3.8) is 0 Å². The fraction of sp³-hybridized carbons (Fsp3) is 0.250. The van der Waals surface area contributed by atoms with Crippen LogP contribution >= 0.6 is 11.8 Å². The Hall–Kier alpha value is -4.02. The SMILES string of the molecule is O=C1NC(=O)/C(=C/c2ccnc(N3CCC(CNCc4cc5ccccc5nc4-c4ccoc4)CC3)n2)S1. The minimum Gasteiger partial charge on any atom is -0.472 e. The molecule has 9 nitrogen and oxygen atoms in total. The molecule has 0 saturated carbocycles. The quantitative estimate of drug-likeness (QED) is 0.333. The summed E-state index contributed by atoms with van der Waals surface area (Å²) >= 11 is 0.889. The Morgan fingerprint density at radius 1 is 1.13 bits per heavy atom. The number of para-hydroxylation sites is 1. The Morgan fingerprint density at radius 3 is 2.79 bits per heavy atom. The van der Waals surface area contributed by atoms with Crippen molar-refractivity contribution in [1.82, 2.24) is 25.6 Å². The van der Waals surface area contributed by atoms with Crippen LogP contribution in [0, 0.1) is 5.92 Å². The molecule has 2 N–H and O–H groups in total. The maximum absolute atomic E-state index is 11.8. The molecule has 0 radical (unpaired) electrons. The van der Waals surface area contributed by atoms with E-state index in [-0.39, 0.29) is 11.1 Å². The number of nitrogens with one attached hydrogen (secondary N) is 2. The summed E-state index contributed by atoms with van der Waals surface area (Å²) in [6.07, 6.45) is 8.80. The molecule has 38 heavy (non-hydrogen) atoms. The monoisotopic (exact) mass is 526 g/mol. The Labute approximate surface area is 223 Å². The number of thioether (sulfide) groups is 1. The van der Waals surface area contributed by atoms with Gasteiger partial charge in [-0.3, -0.25) is 14.9 Å². The van der Waals surface area contributed by atoms with Gasteiger partial charge in [-0.05, 0) is 73.0 Å². The molecule has 2 amide bonds. The lowest BCUT2D eigenvalue weighted by molar-refractivity contribution is -0.115.